The van der Waals surface area contributed by atoms with Crippen molar-refractivity contribution in [2.24, 2.45) is 0 Å². The molecule has 3 aromatic rings. The van der Waals surface area contributed by atoms with Crippen molar-refractivity contribution in [2.45, 2.75) is 32.9 Å². The van der Waals surface area contributed by atoms with Crippen LogP contribution in [0.1, 0.15) is 35.5 Å². The van der Waals surface area contributed by atoms with Crippen molar-refractivity contribution in [3.63, 3.8) is 0 Å². The lowest BCUT2D eigenvalue weighted by Crippen LogP contribution is -2.33. The van der Waals surface area contributed by atoms with Crippen LogP contribution in [0, 0.1) is 12.7 Å². The van der Waals surface area contributed by atoms with Crippen molar-refractivity contribution in [1.82, 2.24) is 15.0 Å². The van der Waals surface area contributed by atoms with Gasteiger partial charge in [-0.15, -0.1) is 0 Å². The minimum Gasteiger partial charge on any atom is -0.497 e. The number of aryl methyl sites for hydroxylation is 1. The third-order valence-electron chi connectivity index (χ3n) is 5.22. The van der Waals surface area contributed by atoms with Crippen LogP contribution in [-0.4, -0.2) is 28.7 Å². The van der Waals surface area contributed by atoms with Gasteiger partial charge in [-0.3, -0.25) is 4.90 Å². The SMILES string of the molecule is COc1ccc2c(c1)CN(C(C)c1nc(-c3ccc(F)c(C)c3)no1)CC2. The molecule has 0 radical (unpaired) electrons. The highest BCUT2D eigenvalue weighted by atomic mass is 19.1. The van der Waals surface area contributed by atoms with Crippen LogP contribution < -0.4 is 4.74 Å². The fourth-order valence-electron chi connectivity index (χ4n) is 3.47. The third kappa shape index (κ3) is 3.45. The first-order valence-electron chi connectivity index (χ1n) is 9.05. The van der Waals surface area contributed by atoms with E-state index in [9.17, 15) is 4.39 Å². The molecule has 1 atom stereocenters. The number of nitrogens with zero attached hydrogens (tertiary/aromatic N) is 3. The van der Waals surface area contributed by atoms with Crippen molar-refractivity contribution < 1.29 is 13.7 Å². The molecule has 0 N–H and O–H groups in total. The molecule has 1 aromatic heterocycles. The zero-order valence-corrected chi connectivity index (χ0v) is 15.7. The number of methoxy groups -OCH3 is 1. The highest BCUT2D eigenvalue weighted by Crippen LogP contribution is 2.30. The minimum atomic E-state index is -0.238. The van der Waals surface area contributed by atoms with Gasteiger partial charge in [0, 0.05) is 18.7 Å². The van der Waals surface area contributed by atoms with Crippen LogP contribution in [0.2, 0.25) is 0 Å². The Kier molecular flexibility index (Phi) is 4.66. The van der Waals surface area contributed by atoms with E-state index in [0.29, 0.717) is 17.3 Å². The van der Waals surface area contributed by atoms with Gasteiger partial charge in [0.15, 0.2) is 0 Å². The molecule has 4 rings (SSSR count). The van der Waals surface area contributed by atoms with Crippen LogP contribution in [-0.2, 0) is 13.0 Å². The largest absolute Gasteiger partial charge is 0.497 e. The van der Waals surface area contributed by atoms with E-state index in [2.05, 4.69) is 34.1 Å². The predicted octanol–water partition coefficient (Wildman–Crippen LogP) is 4.31. The van der Waals surface area contributed by atoms with Crippen molar-refractivity contribution in [2.75, 3.05) is 13.7 Å². The van der Waals surface area contributed by atoms with Crippen LogP contribution >= 0.6 is 0 Å². The molecular weight excluding hydrogens is 345 g/mol. The lowest BCUT2D eigenvalue weighted by atomic mass is 9.98. The van der Waals surface area contributed by atoms with E-state index in [0.717, 1.165) is 30.8 Å². The van der Waals surface area contributed by atoms with E-state index in [-0.39, 0.29) is 11.9 Å². The lowest BCUT2D eigenvalue weighted by molar-refractivity contribution is 0.158. The molecule has 1 aliphatic heterocycles. The molecule has 1 unspecified atom stereocenters. The van der Waals surface area contributed by atoms with E-state index >= 15 is 0 Å². The first-order valence-corrected chi connectivity index (χ1v) is 9.05. The van der Waals surface area contributed by atoms with Gasteiger partial charge in [0.25, 0.3) is 0 Å². The van der Waals surface area contributed by atoms with Crippen molar-refractivity contribution >= 4 is 0 Å². The number of ether oxygens (including phenoxy) is 1. The molecule has 0 aliphatic carbocycles. The Morgan fingerprint density at radius 3 is 2.81 bits per heavy atom. The Morgan fingerprint density at radius 1 is 1.19 bits per heavy atom. The standard InChI is InChI=1S/C21H22FN3O2/c1-13-10-16(5-7-19(13)22)20-23-21(27-24-20)14(2)25-9-8-15-4-6-18(26-3)11-17(15)12-25/h4-7,10-11,14H,8-9,12H2,1-3H3. The Morgan fingerprint density at radius 2 is 2.04 bits per heavy atom. The molecule has 6 heteroatoms. The fourth-order valence-corrected chi connectivity index (χ4v) is 3.47. The Hall–Kier alpha value is -2.73. The molecule has 2 aromatic carbocycles. The number of rotatable bonds is 4. The van der Waals surface area contributed by atoms with Gasteiger partial charge in [0.1, 0.15) is 11.6 Å². The van der Waals surface area contributed by atoms with E-state index in [1.54, 1.807) is 26.2 Å². The van der Waals surface area contributed by atoms with E-state index in [1.165, 1.54) is 17.2 Å². The summed E-state index contributed by atoms with van der Waals surface area (Å²) in [5.41, 5.74) is 3.94. The van der Waals surface area contributed by atoms with Crippen LogP contribution in [0.15, 0.2) is 40.9 Å². The van der Waals surface area contributed by atoms with Crippen LogP contribution in [0.3, 0.4) is 0 Å². The number of benzene rings is 2. The van der Waals surface area contributed by atoms with Gasteiger partial charge in [0.05, 0.1) is 13.2 Å². The number of hydrogen-bond donors (Lipinski definition) is 0. The molecule has 1 aliphatic rings. The maximum absolute atomic E-state index is 13.5. The van der Waals surface area contributed by atoms with Crippen LogP contribution in [0.25, 0.3) is 11.4 Å². The fraction of sp³-hybridized carbons (Fsp3) is 0.333. The lowest BCUT2D eigenvalue weighted by Gasteiger charge is -2.32. The molecular formula is C21H22FN3O2. The molecule has 0 saturated heterocycles. The average Bonchev–Trinajstić information content (AvgIpc) is 3.18. The van der Waals surface area contributed by atoms with Gasteiger partial charge in [-0.25, -0.2) is 4.39 Å². The van der Waals surface area contributed by atoms with Gasteiger partial charge < -0.3 is 9.26 Å². The van der Waals surface area contributed by atoms with Crippen molar-refractivity contribution in [3.8, 4) is 17.1 Å². The summed E-state index contributed by atoms with van der Waals surface area (Å²) in [6.07, 6.45) is 0.974. The zero-order chi connectivity index (χ0) is 19.0. The van der Waals surface area contributed by atoms with E-state index in [1.807, 2.05) is 6.07 Å². The summed E-state index contributed by atoms with van der Waals surface area (Å²) in [7, 11) is 1.68. The summed E-state index contributed by atoms with van der Waals surface area (Å²) in [5.74, 6) is 1.69. The van der Waals surface area contributed by atoms with E-state index < -0.39 is 0 Å². The minimum absolute atomic E-state index is 0.00727. The number of hydrogen-bond acceptors (Lipinski definition) is 5. The second-order valence-electron chi connectivity index (χ2n) is 6.95. The van der Waals surface area contributed by atoms with Crippen LogP contribution in [0.4, 0.5) is 4.39 Å². The van der Waals surface area contributed by atoms with Crippen molar-refractivity contribution in [1.29, 1.82) is 0 Å². The molecule has 0 bridgehead atoms. The zero-order valence-electron chi connectivity index (χ0n) is 15.7. The predicted molar refractivity (Wildman–Crippen MR) is 100.0 cm³/mol. The first-order chi connectivity index (χ1) is 13.0. The Bertz CT molecular complexity index is 970. The monoisotopic (exact) mass is 367 g/mol. The molecule has 27 heavy (non-hydrogen) atoms. The molecule has 0 spiro atoms. The van der Waals surface area contributed by atoms with Gasteiger partial charge in [0.2, 0.25) is 11.7 Å². The normalized spacial score (nSPS) is 15.4. The maximum atomic E-state index is 13.5. The summed E-state index contributed by atoms with van der Waals surface area (Å²) in [6, 6.07) is 11.1. The second-order valence-corrected chi connectivity index (χ2v) is 6.95. The summed E-state index contributed by atoms with van der Waals surface area (Å²) < 4.78 is 24.3. The number of aromatic nitrogens is 2. The van der Waals surface area contributed by atoms with Crippen molar-refractivity contribution in [3.05, 3.63) is 64.8 Å². The van der Waals surface area contributed by atoms with Crippen LogP contribution in [0.5, 0.6) is 5.75 Å². The van der Waals surface area contributed by atoms with Gasteiger partial charge in [-0.05, 0) is 67.3 Å². The average molecular weight is 367 g/mol. The summed E-state index contributed by atoms with van der Waals surface area (Å²) >= 11 is 0. The highest BCUT2D eigenvalue weighted by Gasteiger charge is 2.26. The smallest absolute Gasteiger partial charge is 0.244 e. The first kappa shape index (κ1) is 17.7. The number of halogens is 1. The molecule has 0 amide bonds. The molecule has 140 valence electrons. The Labute approximate surface area is 157 Å². The molecule has 5 nitrogen and oxygen atoms in total. The van der Waals surface area contributed by atoms with Gasteiger partial charge in [-0.1, -0.05) is 11.2 Å². The van der Waals surface area contributed by atoms with E-state index in [4.69, 9.17) is 9.26 Å². The maximum Gasteiger partial charge on any atom is 0.244 e. The summed E-state index contributed by atoms with van der Waals surface area (Å²) in [6.45, 7) is 5.52. The molecule has 0 fully saturated rings. The number of fused-ring (bicyclic) bond motifs is 1. The summed E-state index contributed by atoms with van der Waals surface area (Å²) in [5, 5.41) is 4.09. The van der Waals surface area contributed by atoms with Gasteiger partial charge >= 0.3 is 0 Å². The molecule has 0 saturated carbocycles. The quantitative estimate of drug-likeness (QED) is 0.688. The Balaban J connectivity index is 1.54. The topological polar surface area (TPSA) is 51.4 Å². The highest BCUT2D eigenvalue weighted by molar-refractivity contribution is 5.55. The van der Waals surface area contributed by atoms with Gasteiger partial charge in [-0.2, -0.15) is 4.98 Å². The third-order valence-corrected chi connectivity index (χ3v) is 5.22. The summed E-state index contributed by atoms with van der Waals surface area (Å²) in [4.78, 5) is 6.86. The second kappa shape index (κ2) is 7.12. The molecule has 2 heterocycles.